The predicted molar refractivity (Wildman–Crippen MR) is 74.4 cm³/mol. The first-order valence-electron chi connectivity index (χ1n) is 8.00. The van der Waals surface area contributed by atoms with Gasteiger partial charge in [0.1, 0.15) is 0 Å². The van der Waals surface area contributed by atoms with Crippen LogP contribution in [0.3, 0.4) is 0 Å². The summed E-state index contributed by atoms with van der Waals surface area (Å²) < 4.78 is 0. The van der Waals surface area contributed by atoms with Crippen LogP contribution >= 0.6 is 0 Å². The van der Waals surface area contributed by atoms with Crippen molar-refractivity contribution in [2.24, 2.45) is 17.8 Å². The summed E-state index contributed by atoms with van der Waals surface area (Å²) in [6.07, 6.45) is 9.29. The van der Waals surface area contributed by atoms with E-state index in [0.29, 0.717) is 0 Å². The lowest BCUT2D eigenvalue weighted by Gasteiger charge is -2.41. The van der Waals surface area contributed by atoms with Crippen molar-refractivity contribution < 1.29 is 5.11 Å². The topological polar surface area (TPSA) is 23.5 Å². The average molecular weight is 251 g/mol. The van der Waals surface area contributed by atoms with Crippen LogP contribution in [-0.4, -0.2) is 34.7 Å². The van der Waals surface area contributed by atoms with E-state index in [-0.39, 0.29) is 11.6 Å². The molecule has 0 spiro atoms. The van der Waals surface area contributed by atoms with E-state index in [1.54, 1.807) is 0 Å². The zero-order valence-electron chi connectivity index (χ0n) is 12.1. The minimum Gasteiger partial charge on any atom is -0.391 e. The maximum Gasteiger partial charge on any atom is 0.0721 e. The highest BCUT2D eigenvalue weighted by atomic mass is 16.3. The van der Waals surface area contributed by atoms with Crippen molar-refractivity contribution in [3.05, 3.63) is 0 Å². The minimum atomic E-state index is -0.139. The Bertz CT molecular complexity index is 295. The van der Waals surface area contributed by atoms with Crippen LogP contribution in [0.5, 0.6) is 0 Å². The Kier molecular flexibility index (Phi) is 3.44. The third-order valence-corrected chi connectivity index (χ3v) is 6.15. The molecular formula is C16H29NO. The SMILES string of the molecule is CC(C)(C(O)CC1CC2CCC1C2)N1CCCC1. The van der Waals surface area contributed by atoms with E-state index in [1.807, 2.05) is 0 Å². The van der Waals surface area contributed by atoms with E-state index in [2.05, 4.69) is 18.7 Å². The van der Waals surface area contributed by atoms with Crippen LogP contribution < -0.4 is 0 Å². The molecule has 2 bridgehead atoms. The molecule has 3 rings (SSSR count). The van der Waals surface area contributed by atoms with Crippen LogP contribution in [-0.2, 0) is 0 Å². The van der Waals surface area contributed by atoms with Crippen molar-refractivity contribution in [2.75, 3.05) is 13.1 Å². The van der Waals surface area contributed by atoms with E-state index >= 15 is 0 Å². The van der Waals surface area contributed by atoms with E-state index in [4.69, 9.17) is 0 Å². The van der Waals surface area contributed by atoms with Gasteiger partial charge >= 0.3 is 0 Å². The predicted octanol–water partition coefficient (Wildman–Crippen LogP) is 3.05. The second-order valence-electron chi connectivity index (χ2n) is 7.53. The first-order valence-corrected chi connectivity index (χ1v) is 8.00. The van der Waals surface area contributed by atoms with Crippen LogP contribution in [0.4, 0.5) is 0 Å². The van der Waals surface area contributed by atoms with Crippen LogP contribution in [0.15, 0.2) is 0 Å². The smallest absolute Gasteiger partial charge is 0.0721 e. The molecule has 18 heavy (non-hydrogen) atoms. The number of hydrogen-bond acceptors (Lipinski definition) is 2. The highest BCUT2D eigenvalue weighted by Gasteiger charge is 2.43. The Morgan fingerprint density at radius 2 is 1.89 bits per heavy atom. The second kappa shape index (κ2) is 4.79. The molecule has 1 aliphatic heterocycles. The lowest BCUT2D eigenvalue weighted by molar-refractivity contribution is -0.0156. The molecule has 2 nitrogen and oxygen atoms in total. The van der Waals surface area contributed by atoms with Crippen LogP contribution in [0.1, 0.15) is 58.8 Å². The average Bonchev–Trinajstić information content (AvgIpc) is 3.06. The van der Waals surface area contributed by atoms with Crippen molar-refractivity contribution in [1.82, 2.24) is 4.90 Å². The highest BCUT2D eigenvalue weighted by Crippen LogP contribution is 2.50. The van der Waals surface area contributed by atoms with Gasteiger partial charge in [0.05, 0.1) is 6.10 Å². The monoisotopic (exact) mass is 251 g/mol. The number of aliphatic hydroxyl groups excluding tert-OH is 1. The summed E-state index contributed by atoms with van der Waals surface area (Å²) in [6.45, 7) is 6.86. The molecule has 2 heteroatoms. The fourth-order valence-electron chi connectivity index (χ4n) is 4.74. The number of nitrogens with zero attached hydrogens (tertiary/aromatic N) is 1. The minimum absolute atomic E-state index is 0.0155. The van der Waals surface area contributed by atoms with Gasteiger partial charge in [0, 0.05) is 5.54 Å². The van der Waals surface area contributed by atoms with Gasteiger partial charge in [-0.3, -0.25) is 4.90 Å². The van der Waals surface area contributed by atoms with E-state index in [0.717, 1.165) is 24.2 Å². The molecule has 0 aromatic rings. The molecule has 0 radical (unpaired) electrons. The summed E-state index contributed by atoms with van der Waals surface area (Å²) in [4.78, 5) is 2.50. The van der Waals surface area contributed by atoms with Gasteiger partial charge in [0.15, 0.2) is 0 Å². The van der Waals surface area contributed by atoms with Gasteiger partial charge in [0.2, 0.25) is 0 Å². The maximum atomic E-state index is 10.7. The lowest BCUT2D eigenvalue weighted by atomic mass is 9.80. The molecule has 3 fully saturated rings. The number of aliphatic hydroxyl groups is 1. The Hall–Kier alpha value is -0.0800. The summed E-state index contributed by atoms with van der Waals surface area (Å²) in [7, 11) is 0. The fraction of sp³-hybridized carbons (Fsp3) is 1.00. The quantitative estimate of drug-likeness (QED) is 0.830. The first kappa shape index (κ1) is 12.9. The summed E-state index contributed by atoms with van der Waals surface area (Å²) in [5.74, 6) is 2.77. The molecule has 2 saturated carbocycles. The van der Waals surface area contributed by atoms with Crippen molar-refractivity contribution in [2.45, 2.75) is 70.4 Å². The molecular weight excluding hydrogens is 222 g/mol. The number of rotatable bonds is 4. The summed E-state index contributed by atoms with van der Waals surface area (Å²) >= 11 is 0. The molecule has 104 valence electrons. The standard InChI is InChI=1S/C16H29NO/c1-16(2,17-7-3-4-8-17)15(18)11-14-10-12-5-6-13(14)9-12/h12-15,18H,3-11H2,1-2H3. The van der Waals surface area contributed by atoms with Gasteiger partial charge in [-0.15, -0.1) is 0 Å². The zero-order chi connectivity index (χ0) is 12.8. The fourth-order valence-corrected chi connectivity index (χ4v) is 4.74. The van der Waals surface area contributed by atoms with Gasteiger partial charge in [-0.2, -0.15) is 0 Å². The first-order chi connectivity index (χ1) is 8.57. The number of hydrogen-bond donors (Lipinski definition) is 1. The second-order valence-corrected chi connectivity index (χ2v) is 7.53. The molecule has 1 saturated heterocycles. The highest BCUT2D eigenvalue weighted by molar-refractivity contribution is 4.96. The Morgan fingerprint density at radius 3 is 2.44 bits per heavy atom. The molecule has 2 aliphatic carbocycles. The number of fused-ring (bicyclic) bond motifs is 2. The molecule has 3 aliphatic rings. The maximum absolute atomic E-state index is 10.7. The van der Waals surface area contributed by atoms with E-state index < -0.39 is 0 Å². The third-order valence-electron chi connectivity index (χ3n) is 6.15. The van der Waals surface area contributed by atoms with Gasteiger partial charge in [-0.25, -0.2) is 0 Å². The van der Waals surface area contributed by atoms with E-state index in [9.17, 15) is 5.11 Å². The van der Waals surface area contributed by atoms with Crippen molar-refractivity contribution in [3.8, 4) is 0 Å². The van der Waals surface area contributed by atoms with Crippen LogP contribution in [0.2, 0.25) is 0 Å². The van der Waals surface area contributed by atoms with Crippen LogP contribution in [0.25, 0.3) is 0 Å². The number of likely N-dealkylation sites (tertiary alicyclic amines) is 1. The largest absolute Gasteiger partial charge is 0.391 e. The van der Waals surface area contributed by atoms with Gasteiger partial charge in [-0.05, 0) is 83.2 Å². The Labute approximate surface area is 112 Å². The zero-order valence-corrected chi connectivity index (χ0v) is 12.1. The van der Waals surface area contributed by atoms with Crippen LogP contribution in [0, 0.1) is 17.8 Å². The van der Waals surface area contributed by atoms with Crippen molar-refractivity contribution in [3.63, 3.8) is 0 Å². The molecule has 1 N–H and O–H groups in total. The summed E-state index contributed by atoms with van der Waals surface area (Å²) in [5.41, 5.74) is -0.0155. The summed E-state index contributed by atoms with van der Waals surface area (Å²) in [6, 6.07) is 0. The van der Waals surface area contributed by atoms with Gasteiger partial charge in [-0.1, -0.05) is 6.42 Å². The van der Waals surface area contributed by atoms with Gasteiger partial charge < -0.3 is 5.11 Å². The molecule has 4 atom stereocenters. The van der Waals surface area contributed by atoms with Crippen molar-refractivity contribution in [1.29, 1.82) is 0 Å². The Balaban J connectivity index is 1.58. The molecule has 0 aromatic heterocycles. The van der Waals surface area contributed by atoms with Gasteiger partial charge in [0.25, 0.3) is 0 Å². The third kappa shape index (κ3) is 2.22. The lowest BCUT2D eigenvalue weighted by Crippen LogP contribution is -2.51. The summed E-state index contributed by atoms with van der Waals surface area (Å²) in [5, 5.41) is 10.7. The molecule has 0 aromatic carbocycles. The molecule has 4 unspecified atom stereocenters. The van der Waals surface area contributed by atoms with Crippen molar-refractivity contribution >= 4 is 0 Å². The Morgan fingerprint density at radius 1 is 1.17 bits per heavy atom. The van der Waals surface area contributed by atoms with E-state index in [1.165, 1.54) is 51.6 Å². The molecule has 0 amide bonds. The molecule has 1 heterocycles. The normalized spacial score (nSPS) is 38.5.